The highest BCUT2D eigenvalue weighted by Crippen LogP contribution is 2.44. The molecule has 0 spiro atoms. The first kappa shape index (κ1) is 11.5. The van der Waals surface area contributed by atoms with E-state index < -0.39 is 5.97 Å². The maximum atomic E-state index is 11.3. The van der Waals surface area contributed by atoms with Crippen LogP contribution >= 0.6 is 11.3 Å². The van der Waals surface area contributed by atoms with Crippen LogP contribution in [0.5, 0.6) is 0 Å². The van der Waals surface area contributed by atoms with Gasteiger partial charge in [-0.1, -0.05) is 18.3 Å². The molecule has 18 heavy (non-hydrogen) atoms. The Morgan fingerprint density at radius 2 is 2.17 bits per heavy atom. The van der Waals surface area contributed by atoms with E-state index >= 15 is 0 Å². The predicted molar refractivity (Wildman–Crippen MR) is 67.5 cm³/mol. The van der Waals surface area contributed by atoms with E-state index in [0.29, 0.717) is 11.6 Å². The minimum Gasteiger partial charge on any atom is -0.481 e. The molecule has 5 nitrogen and oxygen atoms in total. The van der Waals surface area contributed by atoms with Crippen LogP contribution in [0, 0.1) is 11.8 Å². The van der Waals surface area contributed by atoms with E-state index in [9.17, 15) is 9.90 Å². The Hall–Kier alpha value is -1.56. The molecule has 3 atom stereocenters. The van der Waals surface area contributed by atoms with Crippen molar-refractivity contribution in [2.45, 2.75) is 25.7 Å². The zero-order valence-electron chi connectivity index (χ0n) is 9.91. The fraction of sp³-hybridized carbons (Fsp3) is 0.500. The third-order valence-corrected chi connectivity index (χ3v) is 4.58. The Labute approximate surface area is 108 Å². The molecule has 0 bridgehead atoms. The van der Waals surface area contributed by atoms with Gasteiger partial charge in [-0.05, 0) is 18.8 Å². The lowest BCUT2D eigenvalue weighted by Gasteiger charge is -2.11. The molecular formula is C12H13N3O2S. The molecule has 1 fully saturated rings. The number of aliphatic carboxylic acids is 1. The maximum absolute atomic E-state index is 11.3. The summed E-state index contributed by atoms with van der Waals surface area (Å²) in [5.41, 5.74) is 0.626. The van der Waals surface area contributed by atoms with Crippen LogP contribution in [-0.4, -0.2) is 26.0 Å². The molecule has 1 N–H and O–H groups in total. The van der Waals surface area contributed by atoms with Gasteiger partial charge in [0, 0.05) is 18.3 Å². The largest absolute Gasteiger partial charge is 0.481 e. The number of rotatable bonds is 2. The number of nitrogens with zero attached hydrogens (tertiary/aromatic N) is 3. The number of carboxylic acid groups (broad SMARTS) is 1. The Bertz CT molecular complexity index is 565. The van der Waals surface area contributed by atoms with Gasteiger partial charge in [0.05, 0.1) is 5.92 Å². The van der Waals surface area contributed by atoms with E-state index in [0.717, 1.165) is 22.7 Å². The van der Waals surface area contributed by atoms with E-state index in [1.807, 2.05) is 0 Å². The third-order valence-electron chi connectivity index (χ3n) is 3.50. The smallest absolute Gasteiger partial charge is 0.307 e. The fourth-order valence-electron chi connectivity index (χ4n) is 2.69. The summed E-state index contributed by atoms with van der Waals surface area (Å²) in [6.07, 6.45) is 4.86. The highest BCUT2D eigenvalue weighted by Gasteiger charge is 2.39. The molecule has 6 heteroatoms. The lowest BCUT2D eigenvalue weighted by atomic mass is 9.97. The molecular weight excluding hydrogens is 250 g/mol. The standard InChI is InChI=1S/C12H13N3O2S/c1-6-4-7(8(5-6)12(16)17)10-15-9-11(18-10)14-3-2-13-9/h2-3,6-8H,4-5H2,1H3,(H,16,17). The summed E-state index contributed by atoms with van der Waals surface area (Å²) in [5.74, 6) is -0.590. The molecule has 2 aromatic rings. The molecule has 0 amide bonds. The van der Waals surface area contributed by atoms with Crippen molar-refractivity contribution in [2.24, 2.45) is 11.8 Å². The van der Waals surface area contributed by atoms with Crippen LogP contribution in [0.15, 0.2) is 12.4 Å². The molecule has 0 radical (unpaired) electrons. The molecule has 0 aliphatic heterocycles. The number of carboxylic acids is 1. The van der Waals surface area contributed by atoms with Crippen LogP contribution in [-0.2, 0) is 4.79 Å². The summed E-state index contributed by atoms with van der Waals surface area (Å²) in [6.45, 7) is 2.10. The molecule has 2 aromatic heterocycles. The monoisotopic (exact) mass is 263 g/mol. The Balaban J connectivity index is 2.00. The zero-order valence-corrected chi connectivity index (χ0v) is 10.7. The highest BCUT2D eigenvalue weighted by molar-refractivity contribution is 7.18. The minimum atomic E-state index is -0.718. The van der Waals surface area contributed by atoms with Crippen molar-refractivity contribution >= 4 is 27.8 Å². The third kappa shape index (κ3) is 1.86. The highest BCUT2D eigenvalue weighted by atomic mass is 32.1. The SMILES string of the molecule is CC1CC(C(=O)O)C(c2nc3nccnc3s2)C1. The summed E-state index contributed by atoms with van der Waals surface area (Å²) in [4.78, 5) is 24.9. The molecule has 0 saturated heterocycles. The van der Waals surface area contributed by atoms with Crippen molar-refractivity contribution in [3.05, 3.63) is 17.4 Å². The molecule has 1 aliphatic rings. The fourth-order valence-corrected chi connectivity index (χ4v) is 3.73. The van der Waals surface area contributed by atoms with E-state index in [1.165, 1.54) is 11.3 Å². The Kier molecular flexibility index (Phi) is 2.74. The van der Waals surface area contributed by atoms with Crippen molar-refractivity contribution in [2.75, 3.05) is 0 Å². The number of hydrogen-bond donors (Lipinski definition) is 1. The summed E-state index contributed by atoms with van der Waals surface area (Å²) in [6, 6.07) is 0. The van der Waals surface area contributed by atoms with Gasteiger partial charge in [-0.2, -0.15) is 0 Å². The van der Waals surface area contributed by atoms with Crippen molar-refractivity contribution < 1.29 is 9.90 Å². The van der Waals surface area contributed by atoms with Crippen LogP contribution in [0.3, 0.4) is 0 Å². The van der Waals surface area contributed by atoms with E-state index in [4.69, 9.17) is 0 Å². The van der Waals surface area contributed by atoms with Gasteiger partial charge in [0.25, 0.3) is 0 Å². The van der Waals surface area contributed by atoms with Gasteiger partial charge in [-0.3, -0.25) is 4.79 Å². The average Bonchev–Trinajstić information content (AvgIpc) is 2.91. The second-order valence-corrected chi connectivity index (χ2v) is 5.87. The van der Waals surface area contributed by atoms with Gasteiger partial charge in [0.2, 0.25) is 0 Å². The number of hydrogen-bond acceptors (Lipinski definition) is 5. The topological polar surface area (TPSA) is 76.0 Å². The van der Waals surface area contributed by atoms with Gasteiger partial charge in [0.1, 0.15) is 5.01 Å². The summed E-state index contributed by atoms with van der Waals surface area (Å²) < 4.78 is 0. The molecule has 3 unspecified atom stereocenters. The molecule has 1 saturated carbocycles. The van der Waals surface area contributed by atoms with Gasteiger partial charge >= 0.3 is 5.97 Å². The van der Waals surface area contributed by atoms with Crippen LogP contribution in [0.2, 0.25) is 0 Å². The lowest BCUT2D eigenvalue weighted by Crippen LogP contribution is -2.16. The molecule has 94 valence electrons. The molecule has 1 aliphatic carbocycles. The van der Waals surface area contributed by atoms with E-state index in [1.54, 1.807) is 12.4 Å². The lowest BCUT2D eigenvalue weighted by molar-refractivity contribution is -0.142. The number of carbonyl (C=O) groups is 1. The first-order valence-electron chi connectivity index (χ1n) is 5.95. The number of thiazole rings is 1. The van der Waals surface area contributed by atoms with E-state index in [2.05, 4.69) is 21.9 Å². The van der Waals surface area contributed by atoms with Crippen LogP contribution < -0.4 is 0 Å². The van der Waals surface area contributed by atoms with Crippen LogP contribution in [0.1, 0.15) is 30.7 Å². The second kappa shape index (κ2) is 4.28. The zero-order chi connectivity index (χ0) is 12.7. The maximum Gasteiger partial charge on any atom is 0.307 e. The quantitative estimate of drug-likeness (QED) is 0.899. The second-order valence-electron chi connectivity index (χ2n) is 4.87. The van der Waals surface area contributed by atoms with Gasteiger partial charge in [0.15, 0.2) is 10.5 Å². The van der Waals surface area contributed by atoms with Gasteiger partial charge in [-0.25, -0.2) is 15.0 Å². The first-order valence-corrected chi connectivity index (χ1v) is 6.77. The molecule has 3 rings (SSSR count). The average molecular weight is 263 g/mol. The van der Waals surface area contributed by atoms with Crippen molar-refractivity contribution in [3.63, 3.8) is 0 Å². The number of aromatic nitrogens is 3. The van der Waals surface area contributed by atoms with Crippen LogP contribution in [0.4, 0.5) is 0 Å². The van der Waals surface area contributed by atoms with Gasteiger partial charge < -0.3 is 5.11 Å². The van der Waals surface area contributed by atoms with Crippen molar-refractivity contribution in [1.29, 1.82) is 0 Å². The van der Waals surface area contributed by atoms with E-state index in [-0.39, 0.29) is 11.8 Å². The minimum absolute atomic E-state index is 0.0125. The number of fused-ring (bicyclic) bond motifs is 1. The van der Waals surface area contributed by atoms with Crippen LogP contribution in [0.25, 0.3) is 10.5 Å². The summed E-state index contributed by atoms with van der Waals surface area (Å²) in [5, 5.41) is 10.2. The van der Waals surface area contributed by atoms with Crippen molar-refractivity contribution in [3.8, 4) is 0 Å². The normalized spacial score (nSPS) is 27.7. The molecule has 2 heterocycles. The van der Waals surface area contributed by atoms with Crippen molar-refractivity contribution in [1.82, 2.24) is 15.0 Å². The Morgan fingerprint density at radius 3 is 2.89 bits per heavy atom. The summed E-state index contributed by atoms with van der Waals surface area (Å²) >= 11 is 1.47. The Morgan fingerprint density at radius 1 is 1.39 bits per heavy atom. The predicted octanol–water partition coefficient (Wildman–Crippen LogP) is 2.30. The summed E-state index contributed by atoms with van der Waals surface area (Å²) in [7, 11) is 0. The molecule has 0 aromatic carbocycles. The first-order chi connectivity index (χ1) is 8.65. The van der Waals surface area contributed by atoms with Gasteiger partial charge in [-0.15, -0.1) is 0 Å².